The summed E-state index contributed by atoms with van der Waals surface area (Å²) in [6.07, 6.45) is 2.61. The molecular weight excluding hydrogens is 436 g/mol. The average molecular weight is 455 g/mol. The van der Waals surface area contributed by atoms with Crippen LogP contribution in [-0.2, 0) is 0 Å². The van der Waals surface area contributed by atoms with Crippen molar-refractivity contribution in [3.8, 4) is 5.75 Å². The summed E-state index contributed by atoms with van der Waals surface area (Å²) in [5, 5.41) is 7.01. The first-order chi connectivity index (χ1) is 13.6. The molecule has 2 aliphatic rings. The Labute approximate surface area is 176 Å². The van der Waals surface area contributed by atoms with Gasteiger partial charge in [0.25, 0.3) is 0 Å². The molecule has 3 heterocycles. The second kappa shape index (κ2) is 7.01. The topological polar surface area (TPSA) is 38.0 Å². The van der Waals surface area contributed by atoms with E-state index in [1.54, 1.807) is 11.8 Å². The number of fused-ring (bicyclic) bond motifs is 3. The van der Waals surface area contributed by atoms with Gasteiger partial charge in [-0.1, -0.05) is 28.1 Å². The minimum atomic E-state index is -0.261. The van der Waals surface area contributed by atoms with Crippen LogP contribution >= 0.6 is 27.7 Å². The van der Waals surface area contributed by atoms with Crippen LogP contribution in [-0.4, -0.2) is 17.0 Å². The third-order valence-electron chi connectivity index (χ3n) is 5.18. The number of benzene rings is 2. The Bertz CT molecular complexity index is 1060. The number of furan rings is 1. The van der Waals surface area contributed by atoms with E-state index < -0.39 is 0 Å². The number of thioether (sulfide) groups is 1. The molecule has 2 aliphatic heterocycles. The molecule has 0 aliphatic carbocycles. The highest BCUT2D eigenvalue weighted by Crippen LogP contribution is 2.48. The maximum absolute atomic E-state index is 6.41. The molecule has 0 saturated heterocycles. The third-order valence-corrected chi connectivity index (χ3v) is 6.41. The van der Waals surface area contributed by atoms with E-state index in [-0.39, 0.29) is 12.3 Å². The average Bonchev–Trinajstić information content (AvgIpc) is 3.34. The molecule has 6 heteroatoms. The van der Waals surface area contributed by atoms with Crippen LogP contribution in [0.1, 0.15) is 41.3 Å². The molecular formula is C22H19BrN2O2S. The smallest absolute Gasteiger partial charge is 0.213 e. The van der Waals surface area contributed by atoms with Crippen LogP contribution in [0.4, 0.5) is 0 Å². The van der Waals surface area contributed by atoms with Gasteiger partial charge in [-0.15, -0.1) is 11.8 Å². The zero-order chi connectivity index (χ0) is 19.3. The molecule has 4 nitrogen and oxygen atoms in total. The fourth-order valence-electron chi connectivity index (χ4n) is 3.79. The summed E-state index contributed by atoms with van der Waals surface area (Å²) < 4.78 is 13.3. The van der Waals surface area contributed by atoms with Crippen LogP contribution in [0.3, 0.4) is 0 Å². The van der Waals surface area contributed by atoms with E-state index in [2.05, 4.69) is 57.5 Å². The first-order valence-corrected chi connectivity index (χ1v) is 11.2. The molecule has 3 aromatic rings. The largest absolute Gasteiger partial charge is 0.464 e. The molecule has 5 rings (SSSR count). The van der Waals surface area contributed by atoms with Gasteiger partial charge in [0, 0.05) is 26.9 Å². The molecule has 0 saturated carbocycles. The second-order valence-electron chi connectivity index (χ2n) is 6.98. The fourth-order valence-corrected chi connectivity index (χ4v) is 4.57. The molecule has 0 bridgehead atoms. The lowest BCUT2D eigenvalue weighted by atomic mass is 9.97. The minimum Gasteiger partial charge on any atom is -0.464 e. The molecule has 0 fully saturated rings. The number of hydrazone groups is 1. The van der Waals surface area contributed by atoms with Gasteiger partial charge in [-0.25, -0.2) is 5.01 Å². The number of ether oxygens (including phenoxy) is 1. The SMILES string of the molecule is CSc1ccc([C@@H]2Oc3ccc(Br)cc3[C@H]3CC(c4ccc(C)o4)=NN32)cc1. The lowest BCUT2D eigenvalue weighted by Crippen LogP contribution is -2.33. The lowest BCUT2D eigenvalue weighted by molar-refractivity contribution is -0.0191. The Kier molecular flexibility index (Phi) is 4.48. The Morgan fingerprint density at radius 1 is 1.11 bits per heavy atom. The van der Waals surface area contributed by atoms with E-state index in [1.807, 2.05) is 31.2 Å². The van der Waals surface area contributed by atoms with Crippen molar-refractivity contribution in [2.45, 2.75) is 30.5 Å². The van der Waals surface area contributed by atoms with Crippen LogP contribution in [0.15, 0.2) is 73.5 Å². The summed E-state index contributed by atoms with van der Waals surface area (Å²) in [5.74, 6) is 2.64. The number of nitrogens with zero attached hydrogens (tertiary/aromatic N) is 2. The number of hydrogen-bond donors (Lipinski definition) is 0. The Balaban J connectivity index is 1.58. The van der Waals surface area contributed by atoms with Gasteiger partial charge in [0.2, 0.25) is 6.23 Å². The summed E-state index contributed by atoms with van der Waals surface area (Å²) >= 11 is 5.33. The molecule has 0 N–H and O–H groups in total. The zero-order valence-electron chi connectivity index (χ0n) is 15.6. The number of aryl methyl sites for hydroxylation is 1. The monoisotopic (exact) mass is 454 g/mol. The van der Waals surface area contributed by atoms with Crippen LogP contribution in [0.2, 0.25) is 0 Å². The van der Waals surface area contributed by atoms with Crippen molar-refractivity contribution >= 4 is 33.4 Å². The van der Waals surface area contributed by atoms with Crippen LogP contribution in [0.5, 0.6) is 5.75 Å². The predicted octanol–water partition coefficient (Wildman–Crippen LogP) is 6.31. The molecule has 0 radical (unpaired) electrons. The minimum absolute atomic E-state index is 0.117. The van der Waals surface area contributed by atoms with Crippen molar-refractivity contribution in [1.82, 2.24) is 5.01 Å². The molecule has 0 spiro atoms. The highest BCUT2D eigenvalue weighted by molar-refractivity contribution is 9.10. The van der Waals surface area contributed by atoms with Gasteiger partial charge in [-0.3, -0.25) is 0 Å². The Hall–Kier alpha value is -2.18. The molecule has 28 heavy (non-hydrogen) atoms. The summed E-state index contributed by atoms with van der Waals surface area (Å²) in [7, 11) is 0. The lowest BCUT2D eigenvalue weighted by Gasteiger charge is -2.38. The van der Waals surface area contributed by atoms with Crippen molar-refractivity contribution in [3.05, 3.63) is 81.7 Å². The van der Waals surface area contributed by atoms with E-state index in [9.17, 15) is 0 Å². The van der Waals surface area contributed by atoms with Crippen molar-refractivity contribution in [1.29, 1.82) is 0 Å². The fraction of sp³-hybridized carbons (Fsp3) is 0.227. The van der Waals surface area contributed by atoms with Gasteiger partial charge in [-0.2, -0.15) is 5.10 Å². The highest BCUT2D eigenvalue weighted by atomic mass is 79.9. The molecule has 1 aromatic heterocycles. The summed E-state index contributed by atoms with van der Waals surface area (Å²) in [6.45, 7) is 1.96. The zero-order valence-corrected chi connectivity index (χ0v) is 18.0. The number of halogens is 1. The van der Waals surface area contributed by atoms with E-state index in [1.165, 1.54) is 4.90 Å². The van der Waals surface area contributed by atoms with E-state index in [0.717, 1.165) is 45.0 Å². The van der Waals surface area contributed by atoms with Crippen molar-refractivity contribution in [2.75, 3.05) is 6.26 Å². The maximum Gasteiger partial charge on any atom is 0.213 e. The van der Waals surface area contributed by atoms with Crippen molar-refractivity contribution in [2.24, 2.45) is 5.10 Å². The first kappa shape index (κ1) is 17.9. The van der Waals surface area contributed by atoms with Crippen molar-refractivity contribution in [3.63, 3.8) is 0 Å². The second-order valence-corrected chi connectivity index (χ2v) is 8.78. The maximum atomic E-state index is 6.41. The quantitative estimate of drug-likeness (QED) is 0.434. The Morgan fingerprint density at radius 2 is 1.93 bits per heavy atom. The predicted molar refractivity (Wildman–Crippen MR) is 115 cm³/mol. The Morgan fingerprint density at radius 3 is 2.64 bits per heavy atom. The van der Waals surface area contributed by atoms with Gasteiger partial charge in [0.15, 0.2) is 0 Å². The third kappa shape index (κ3) is 3.05. The van der Waals surface area contributed by atoms with E-state index >= 15 is 0 Å². The molecule has 142 valence electrons. The highest BCUT2D eigenvalue weighted by Gasteiger charge is 2.41. The molecule has 2 atom stereocenters. The number of hydrogen-bond acceptors (Lipinski definition) is 5. The van der Waals surface area contributed by atoms with E-state index in [4.69, 9.17) is 14.3 Å². The standard InChI is InChI=1S/C22H19BrN2O2S/c1-13-3-9-21(26-13)18-12-19-17-11-15(23)6-10-20(17)27-22(25(19)24-18)14-4-7-16(28-2)8-5-14/h3-11,19,22H,12H2,1-2H3/t19-,22+/m1/s1. The summed E-state index contributed by atoms with van der Waals surface area (Å²) in [4.78, 5) is 1.23. The van der Waals surface area contributed by atoms with Crippen molar-refractivity contribution < 1.29 is 9.15 Å². The van der Waals surface area contributed by atoms with Crippen LogP contribution in [0.25, 0.3) is 0 Å². The molecule has 0 amide bonds. The van der Waals surface area contributed by atoms with Gasteiger partial charge in [-0.05, 0) is 55.6 Å². The van der Waals surface area contributed by atoms with Crippen LogP contribution < -0.4 is 4.74 Å². The summed E-state index contributed by atoms with van der Waals surface area (Å²) in [6, 6.07) is 18.8. The normalized spacial score (nSPS) is 20.4. The van der Waals surface area contributed by atoms with Crippen LogP contribution in [0, 0.1) is 6.92 Å². The molecule has 2 aromatic carbocycles. The van der Waals surface area contributed by atoms with Gasteiger partial charge < -0.3 is 9.15 Å². The van der Waals surface area contributed by atoms with Gasteiger partial charge in [0.1, 0.15) is 23.0 Å². The van der Waals surface area contributed by atoms with Gasteiger partial charge >= 0.3 is 0 Å². The van der Waals surface area contributed by atoms with E-state index in [0.29, 0.717) is 0 Å². The first-order valence-electron chi connectivity index (χ1n) is 9.15. The summed E-state index contributed by atoms with van der Waals surface area (Å²) in [5.41, 5.74) is 3.20. The number of rotatable bonds is 3. The van der Waals surface area contributed by atoms with Gasteiger partial charge in [0.05, 0.1) is 6.04 Å². The molecule has 0 unspecified atom stereocenters.